The molecule has 1 saturated heterocycles. The molecule has 1 aliphatic rings. The van der Waals surface area contributed by atoms with Gasteiger partial charge in [-0.15, -0.1) is 0 Å². The van der Waals surface area contributed by atoms with Gasteiger partial charge in [0, 0.05) is 38.8 Å². The van der Waals surface area contributed by atoms with E-state index >= 15 is 0 Å². The highest BCUT2D eigenvalue weighted by Gasteiger charge is 2.19. The zero-order valence-electron chi connectivity index (χ0n) is 20.2. The van der Waals surface area contributed by atoms with Gasteiger partial charge in [-0.25, -0.2) is 4.79 Å². The Morgan fingerprint density at radius 3 is 2.56 bits per heavy atom. The summed E-state index contributed by atoms with van der Waals surface area (Å²) in [6.07, 6.45) is 2.27. The molecule has 34 heavy (non-hydrogen) atoms. The smallest absolute Gasteiger partial charge is 0.258 e. The summed E-state index contributed by atoms with van der Waals surface area (Å²) in [5.74, 6) is 2.33. The van der Waals surface area contributed by atoms with Gasteiger partial charge in [-0.05, 0) is 69.1 Å². The fraction of sp³-hybridized carbons (Fsp3) is 0.423. The van der Waals surface area contributed by atoms with Crippen molar-refractivity contribution in [3.63, 3.8) is 0 Å². The molecule has 1 aliphatic heterocycles. The van der Waals surface area contributed by atoms with Gasteiger partial charge < -0.3 is 30.3 Å². The van der Waals surface area contributed by atoms with Crippen LogP contribution in [0.4, 0.5) is 11.4 Å². The van der Waals surface area contributed by atoms with Crippen LogP contribution < -0.4 is 15.4 Å². The van der Waals surface area contributed by atoms with E-state index < -0.39 is 0 Å². The summed E-state index contributed by atoms with van der Waals surface area (Å²) in [6.45, 7) is 6.05. The Bertz CT molecular complexity index is 1060. The van der Waals surface area contributed by atoms with Crippen LogP contribution in [0.1, 0.15) is 35.2 Å². The number of likely N-dealkylation sites (N-methyl/N-ethyl adjacent to an activating group) is 1. The number of benzene rings is 2. The average molecular weight is 467 g/mol. The summed E-state index contributed by atoms with van der Waals surface area (Å²) in [5.41, 5.74) is 8.60. The van der Waals surface area contributed by atoms with E-state index in [1.807, 2.05) is 25.1 Å². The minimum absolute atomic E-state index is 0.125. The lowest BCUT2D eigenvalue weighted by Gasteiger charge is -2.34. The van der Waals surface area contributed by atoms with Crippen molar-refractivity contribution in [2.45, 2.75) is 26.2 Å². The van der Waals surface area contributed by atoms with Crippen LogP contribution in [0.2, 0.25) is 0 Å². The number of phenols is 1. The van der Waals surface area contributed by atoms with Crippen molar-refractivity contribution in [1.29, 1.82) is 0 Å². The van der Waals surface area contributed by atoms with Gasteiger partial charge in [-0.3, -0.25) is 4.79 Å². The molecule has 1 fully saturated rings. The van der Waals surface area contributed by atoms with Crippen LogP contribution in [0.5, 0.6) is 11.5 Å². The van der Waals surface area contributed by atoms with Gasteiger partial charge in [0.2, 0.25) is 0 Å². The van der Waals surface area contributed by atoms with Crippen LogP contribution in [0.25, 0.3) is 0 Å². The SMILES string of the molecule is Cc1ccc(N(C)C(=O)c2ccc(N)c(O)c2)c(OCCCCC(=C=O)N2CCN(C)CC2)c1. The fourth-order valence-electron chi connectivity index (χ4n) is 3.92. The average Bonchev–Trinajstić information content (AvgIpc) is 2.83. The number of hydrogen-bond donors (Lipinski definition) is 2. The number of anilines is 2. The lowest BCUT2D eigenvalue weighted by atomic mass is 10.1. The molecule has 0 aromatic heterocycles. The molecule has 8 heteroatoms. The van der Waals surface area contributed by atoms with Crippen LogP contribution in [0.15, 0.2) is 42.1 Å². The second-order valence-corrected chi connectivity index (χ2v) is 8.75. The first-order chi connectivity index (χ1) is 16.3. The first kappa shape index (κ1) is 25.1. The number of phenolic OH excluding ortho intramolecular Hbond substituents is 1. The molecule has 1 amide bonds. The van der Waals surface area contributed by atoms with Gasteiger partial charge in [-0.2, -0.15) is 0 Å². The highest BCUT2D eigenvalue weighted by Crippen LogP contribution is 2.31. The van der Waals surface area contributed by atoms with Gasteiger partial charge in [0.25, 0.3) is 5.91 Å². The van der Waals surface area contributed by atoms with Crippen LogP contribution in [-0.2, 0) is 4.79 Å². The molecular formula is C26H34N4O4. The van der Waals surface area contributed by atoms with E-state index in [-0.39, 0.29) is 17.3 Å². The van der Waals surface area contributed by atoms with E-state index in [1.54, 1.807) is 13.1 Å². The summed E-state index contributed by atoms with van der Waals surface area (Å²) in [6, 6.07) is 10.1. The zero-order valence-corrected chi connectivity index (χ0v) is 20.2. The molecule has 0 bridgehead atoms. The van der Waals surface area contributed by atoms with Crippen molar-refractivity contribution in [2.75, 3.05) is 57.5 Å². The molecule has 0 radical (unpaired) electrons. The quantitative estimate of drug-likeness (QED) is 0.254. The van der Waals surface area contributed by atoms with Gasteiger partial charge in [-0.1, -0.05) is 6.07 Å². The number of aromatic hydroxyl groups is 1. The number of nitrogen functional groups attached to an aromatic ring is 1. The van der Waals surface area contributed by atoms with E-state index in [0.29, 0.717) is 30.0 Å². The van der Waals surface area contributed by atoms with Crippen LogP contribution in [0.3, 0.4) is 0 Å². The van der Waals surface area contributed by atoms with Gasteiger partial charge >= 0.3 is 0 Å². The Morgan fingerprint density at radius 1 is 1.15 bits per heavy atom. The maximum absolute atomic E-state index is 13.0. The summed E-state index contributed by atoms with van der Waals surface area (Å²) in [5, 5.41) is 9.86. The molecule has 2 aromatic carbocycles. The van der Waals surface area contributed by atoms with Crippen LogP contribution >= 0.6 is 0 Å². The van der Waals surface area contributed by atoms with Crippen molar-refractivity contribution in [3.05, 3.63) is 53.2 Å². The lowest BCUT2D eigenvalue weighted by Crippen LogP contribution is -2.44. The summed E-state index contributed by atoms with van der Waals surface area (Å²) < 4.78 is 6.05. The first-order valence-electron chi connectivity index (χ1n) is 11.6. The Labute approximate surface area is 201 Å². The molecule has 0 unspecified atom stereocenters. The van der Waals surface area contributed by atoms with Crippen LogP contribution in [0, 0.1) is 6.92 Å². The largest absolute Gasteiger partial charge is 0.506 e. The number of ether oxygens (including phenoxy) is 1. The van der Waals surface area contributed by atoms with Crippen molar-refractivity contribution >= 4 is 23.2 Å². The standard InChI is InChI=1S/C26H34N4O4/c1-19-7-10-23(29(3)26(33)20-8-9-22(27)24(32)17-20)25(16-19)34-15-5-4-6-21(18-31)30-13-11-28(2)12-14-30/h7-10,16-17,32H,4-6,11-15,27H2,1-3H3. The highest BCUT2D eigenvalue weighted by molar-refractivity contribution is 6.07. The van der Waals surface area contributed by atoms with E-state index in [0.717, 1.165) is 50.3 Å². The molecule has 0 spiro atoms. The van der Waals surface area contributed by atoms with Crippen molar-refractivity contribution in [1.82, 2.24) is 9.80 Å². The molecule has 0 atom stereocenters. The fourth-order valence-corrected chi connectivity index (χ4v) is 3.92. The number of amides is 1. The van der Waals surface area contributed by atoms with E-state index in [4.69, 9.17) is 10.5 Å². The lowest BCUT2D eigenvalue weighted by molar-refractivity contribution is 0.0991. The van der Waals surface area contributed by atoms with Gasteiger partial charge in [0.05, 0.1) is 23.7 Å². The molecule has 2 aromatic rings. The number of carbonyl (C=O) groups excluding carboxylic acids is 2. The predicted molar refractivity (Wildman–Crippen MR) is 134 cm³/mol. The number of nitrogens with zero attached hydrogens (tertiary/aromatic N) is 3. The monoisotopic (exact) mass is 466 g/mol. The number of allylic oxidation sites excluding steroid dienone is 1. The Morgan fingerprint density at radius 2 is 1.88 bits per heavy atom. The zero-order chi connectivity index (χ0) is 24.7. The molecular weight excluding hydrogens is 432 g/mol. The predicted octanol–water partition coefficient (Wildman–Crippen LogP) is 3.07. The van der Waals surface area contributed by atoms with Gasteiger partial charge in [0.1, 0.15) is 17.4 Å². The second kappa shape index (κ2) is 11.6. The van der Waals surface area contributed by atoms with Crippen molar-refractivity contribution < 1.29 is 19.4 Å². The number of aryl methyl sites for hydroxylation is 1. The molecule has 1 heterocycles. The molecule has 8 nitrogen and oxygen atoms in total. The van der Waals surface area contributed by atoms with Crippen molar-refractivity contribution in [3.8, 4) is 11.5 Å². The molecule has 0 aliphatic carbocycles. The topological polar surface area (TPSA) is 99.3 Å². The van der Waals surface area contributed by atoms with E-state index in [2.05, 4.69) is 22.8 Å². The third-order valence-electron chi connectivity index (χ3n) is 6.13. The molecule has 3 rings (SSSR count). The number of hydrogen-bond acceptors (Lipinski definition) is 7. The van der Waals surface area contributed by atoms with E-state index in [9.17, 15) is 14.7 Å². The minimum atomic E-state index is -0.281. The number of piperazine rings is 1. The highest BCUT2D eigenvalue weighted by atomic mass is 16.5. The molecule has 182 valence electrons. The Hall–Kier alpha value is -3.48. The summed E-state index contributed by atoms with van der Waals surface area (Å²) in [4.78, 5) is 30.3. The van der Waals surface area contributed by atoms with Crippen LogP contribution in [-0.4, -0.2) is 73.6 Å². The number of carbonyl (C=O) groups is 1. The number of nitrogens with two attached hydrogens (primary N) is 1. The maximum Gasteiger partial charge on any atom is 0.258 e. The first-order valence-corrected chi connectivity index (χ1v) is 11.6. The third-order valence-corrected chi connectivity index (χ3v) is 6.13. The minimum Gasteiger partial charge on any atom is -0.506 e. The maximum atomic E-state index is 13.0. The third kappa shape index (κ3) is 6.31. The van der Waals surface area contributed by atoms with Crippen molar-refractivity contribution in [2.24, 2.45) is 0 Å². The Kier molecular flexibility index (Phi) is 8.57. The van der Waals surface area contributed by atoms with E-state index in [1.165, 1.54) is 17.0 Å². The molecule has 3 N–H and O–H groups in total. The Balaban J connectivity index is 1.58. The number of unbranched alkanes of at least 4 members (excludes halogenated alkanes) is 1. The second-order valence-electron chi connectivity index (χ2n) is 8.75. The van der Waals surface area contributed by atoms with Gasteiger partial charge in [0.15, 0.2) is 0 Å². The summed E-state index contributed by atoms with van der Waals surface area (Å²) >= 11 is 0. The summed E-state index contributed by atoms with van der Waals surface area (Å²) in [7, 11) is 3.76. The normalized spacial score (nSPS) is 13.9. The molecule has 0 saturated carbocycles. The number of rotatable bonds is 9.